The topological polar surface area (TPSA) is 49.4 Å². The second-order valence-electron chi connectivity index (χ2n) is 5.43. The van der Waals surface area contributed by atoms with Gasteiger partial charge in [0.25, 0.3) is 0 Å². The predicted octanol–water partition coefficient (Wildman–Crippen LogP) is 3.25. The number of sulfonamides is 1. The number of nitrogens with zero attached hydrogens (tertiary/aromatic N) is 1. The molecule has 6 heteroatoms. The molecular formula is C17H21BrN2O2S. The molecule has 0 amide bonds. The van der Waals surface area contributed by atoms with Gasteiger partial charge in [-0.15, -0.1) is 0 Å². The smallest absolute Gasteiger partial charge is 0.240 e. The zero-order chi connectivity index (χ0) is 16.7. The molecule has 0 saturated heterocycles. The molecule has 0 atom stereocenters. The van der Waals surface area contributed by atoms with E-state index in [1.54, 1.807) is 24.3 Å². The van der Waals surface area contributed by atoms with Crippen LogP contribution in [0.15, 0.2) is 64.0 Å². The van der Waals surface area contributed by atoms with Crippen LogP contribution in [0.2, 0.25) is 0 Å². The maximum atomic E-state index is 12.1. The third kappa shape index (κ3) is 6.06. The summed E-state index contributed by atoms with van der Waals surface area (Å²) in [5.41, 5.74) is 1.26. The molecule has 0 bridgehead atoms. The van der Waals surface area contributed by atoms with Crippen molar-refractivity contribution >= 4 is 26.0 Å². The van der Waals surface area contributed by atoms with Gasteiger partial charge in [0.2, 0.25) is 10.0 Å². The number of nitrogens with one attached hydrogen (secondary N) is 1. The molecule has 1 N–H and O–H groups in total. The molecule has 2 aromatic carbocycles. The zero-order valence-electron chi connectivity index (χ0n) is 13.1. The summed E-state index contributed by atoms with van der Waals surface area (Å²) in [6, 6.07) is 16.9. The maximum Gasteiger partial charge on any atom is 0.240 e. The van der Waals surface area contributed by atoms with Crippen molar-refractivity contribution in [2.45, 2.75) is 17.9 Å². The third-order valence-electron chi connectivity index (χ3n) is 3.43. The monoisotopic (exact) mass is 396 g/mol. The van der Waals surface area contributed by atoms with E-state index in [1.807, 2.05) is 25.2 Å². The Kier molecular flexibility index (Phi) is 6.77. The van der Waals surface area contributed by atoms with Gasteiger partial charge in [-0.25, -0.2) is 13.1 Å². The van der Waals surface area contributed by atoms with E-state index in [0.717, 1.165) is 24.0 Å². The third-order valence-corrected chi connectivity index (χ3v) is 5.43. The van der Waals surface area contributed by atoms with E-state index in [1.165, 1.54) is 5.56 Å². The molecule has 4 nitrogen and oxygen atoms in total. The molecule has 0 saturated carbocycles. The summed E-state index contributed by atoms with van der Waals surface area (Å²) >= 11 is 3.30. The van der Waals surface area contributed by atoms with E-state index in [2.05, 4.69) is 37.7 Å². The summed E-state index contributed by atoms with van der Waals surface area (Å²) in [5, 5.41) is 0. The molecule has 124 valence electrons. The molecule has 0 heterocycles. The van der Waals surface area contributed by atoms with Gasteiger partial charge < -0.3 is 4.90 Å². The number of halogens is 1. The van der Waals surface area contributed by atoms with Gasteiger partial charge in [-0.3, -0.25) is 0 Å². The highest BCUT2D eigenvalue weighted by Gasteiger charge is 2.12. The highest BCUT2D eigenvalue weighted by molar-refractivity contribution is 9.10. The average Bonchev–Trinajstić information content (AvgIpc) is 2.53. The Hall–Kier alpha value is -1.21. The van der Waals surface area contributed by atoms with Crippen LogP contribution >= 0.6 is 15.9 Å². The summed E-state index contributed by atoms with van der Waals surface area (Å²) in [4.78, 5) is 2.47. The Morgan fingerprint density at radius 2 is 1.70 bits per heavy atom. The predicted molar refractivity (Wildman–Crippen MR) is 96.7 cm³/mol. The van der Waals surface area contributed by atoms with E-state index in [0.29, 0.717) is 11.4 Å². The van der Waals surface area contributed by atoms with Crippen LogP contribution in [0.1, 0.15) is 12.0 Å². The van der Waals surface area contributed by atoms with Gasteiger partial charge in [-0.2, -0.15) is 0 Å². The summed E-state index contributed by atoms with van der Waals surface area (Å²) in [5.74, 6) is 0. The molecule has 2 rings (SSSR count). The minimum absolute atomic E-state index is 0.290. The molecule has 0 aliphatic heterocycles. The standard InChI is InChI=1S/C17H21BrN2O2S/c1-20(14-15-6-3-2-4-7-15)13-5-12-19-23(21,22)17-10-8-16(18)9-11-17/h2-4,6-11,19H,5,12-14H2,1H3. The molecule has 0 aromatic heterocycles. The highest BCUT2D eigenvalue weighted by Crippen LogP contribution is 2.14. The molecule has 2 aromatic rings. The van der Waals surface area contributed by atoms with Crippen molar-refractivity contribution in [1.29, 1.82) is 0 Å². The maximum absolute atomic E-state index is 12.1. The van der Waals surface area contributed by atoms with E-state index in [-0.39, 0.29) is 0 Å². The molecule has 0 aliphatic rings. The van der Waals surface area contributed by atoms with Crippen LogP contribution in [-0.2, 0) is 16.6 Å². The van der Waals surface area contributed by atoms with Gasteiger partial charge in [0.05, 0.1) is 4.90 Å². The first-order valence-electron chi connectivity index (χ1n) is 7.45. The Labute approximate surface area is 146 Å². The fourth-order valence-corrected chi connectivity index (χ4v) is 3.57. The lowest BCUT2D eigenvalue weighted by atomic mass is 10.2. The van der Waals surface area contributed by atoms with Gasteiger partial charge in [0, 0.05) is 17.6 Å². The van der Waals surface area contributed by atoms with Crippen LogP contribution in [0.25, 0.3) is 0 Å². The van der Waals surface area contributed by atoms with Crippen LogP contribution in [0.5, 0.6) is 0 Å². The first kappa shape index (κ1) is 18.1. The van der Waals surface area contributed by atoms with Crippen molar-refractivity contribution in [3.63, 3.8) is 0 Å². The van der Waals surface area contributed by atoms with Crippen molar-refractivity contribution in [2.75, 3.05) is 20.1 Å². The van der Waals surface area contributed by atoms with Crippen molar-refractivity contribution in [2.24, 2.45) is 0 Å². The van der Waals surface area contributed by atoms with E-state index in [9.17, 15) is 8.42 Å². The van der Waals surface area contributed by atoms with Crippen molar-refractivity contribution in [3.8, 4) is 0 Å². The fourth-order valence-electron chi connectivity index (χ4n) is 2.23. The molecule has 0 fully saturated rings. The van der Waals surface area contributed by atoms with E-state index < -0.39 is 10.0 Å². The second-order valence-corrected chi connectivity index (χ2v) is 8.11. The second kappa shape index (κ2) is 8.59. The number of benzene rings is 2. The van der Waals surface area contributed by atoms with Gasteiger partial charge in [-0.1, -0.05) is 46.3 Å². The van der Waals surface area contributed by atoms with Crippen LogP contribution < -0.4 is 4.72 Å². The lowest BCUT2D eigenvalue weighted by Gasteiger charge is -2.16. The average molecular weight is 397 g/mol. The SMILES string of the molecule is CN(CCCNS(=O)(=O)c1ccc(Br)cc1)Cc1ccccc1. The summed E-state index contributed by atoms with van der Waals surface area (Å²) in [7, 11) is -1.39. The summed E-state index contributed by atoms with van der Waals surface area (Å²) in [6.45, 7) is 2.12. The molecule has 0 spiro atoms. The van der Waals surface area contributed by atoms with Crippen LogP contribution in [0.3, 0.4) is 0 Å². The quantitative estimate of drug-likeness (QED) is 0.696. The Balaban J connectivity index is 1.75. The number of rotatable bonds is 8. The Morgan fingerprint density at radius 3 is 2.35 bits per heavy atom. The molecule has 0 unspecified atom stereocenters. The van der Waals surface area contributed by atoms with Gasteiger partial charge >= 0.3 is 0 Å². The van der Waals surface area contributed by atoms with Crippen molar-refractivity contribution < 1.29 is 8.42 Å². The van der Waals surface area contributed by atoms with Crippen molar-refractivity contribution in [1.82, 2.24) is 9.62 Å². The Morgan fingerprint density at radius 1 is 1.04 bits per heavy atom. The summed E-state index contributed by atoms with van der Waals surface area (Å²) in [6.07, 6.45) is 0.763. The minimum atomic E-state index is -3.42. The first-order valence-corrected chi connectivity index (χ1v) is 9.73. The van der Waals surface area contributed by atoms with Crippen LogP contribution in [0, 0.1) is 0 Å². The van der Waals surface area contributed by atoms with Gasteiger partial charge in [-0.05, 0) is 49.8 Å². The zero-order valence-corrected chi connectivity index (χ0v) is 15.5. The largest absolute Gasteiger partial charge is 0.302 e. The molecule has 0 aliphatic carbocycles. The van der Waals surface area contributed by atoms with Crippen LogP contribution in [0.4, 0.5) is 0 Å². The minimum Gasteiger partial charge on any atom is -0.302 e. The van der Waals surface area contributed by atoms with E-state index >= 15 is 0 Å². The highest BCUT2D eigenvalue weighted by atomic mass is 79.9. The Bertz CT molecular complexity index is 703. The summed E-state index contributed by atoms with van der Waals surface area (Å²) < 4.78 is 27.8. The number of hydrogen-bond donors (Lipinski definition) is 1. The van der Waals surface area contributed by atoms with E-state index in [4.69, 9.17) is 0 Å². The number of hydrogen-bond acceptors (Lipinski definition) is 3. The first-order chi connectivity index (χ1) is 11.0. The fraction of sp³-hybridized carbons (Fsp3) is 0.294. The molecule has 0 radical (unpaired) electrons. The van der Waals surface area contributed by atoms with Crippen LogP contribution in [-0.4, -0.2) is 33.5 Å². The van der Waals surface area contributed by atoms with Gasteiger partial charge in [0.1, 0.15) is 0 Å². The molecular weight excluding hydrogens is 376 g/mol. The normalized spacial score (nSPS) is 11.8. The lowest BCUT2D eigenvalue weighted by Crippen LogP contribution is -2.28. The molecule has 23 heavy (non-hydrogen) atoms. The van der Waals surface area contributed by atoms with Gasteiger partial charge in [0.15, 0.2) is 0 Å². The lowest BCUT2D eigenvalue weighted by molar-refractivity contribution is 0.322. The van der Waals surface area contributed by atoms with Crippen molar-refractivity contribution in [3.05, 3.63) is 64.6 Å².